The van der Waals surface area contributed by atoms with Crippen molar-refractivity contribution in [2.45, 2.75) is 11.3 Å². The van der Waals surface area contributed by atoms with E-state index in [4.69, 9.17) is 0 Å². The summed E-state index contributed by atoms with van der Waals surface area (Å²) < 4.78 is 0.867. The van der Waals surface area contributed by atoms with Gasteiger partial charge in [-0.1, -0.05) is 82.3 Å². The van der Waals surface area contributed by atoms with E-state index in [1.54, 1.807) is 48.5 Å². The molecule has 0 unspecified atom stereocenters. The summed E-state index contributed by atoms with van der Waals surface area (Å²) in [5.41, 5.74) is 1.50. The minimum absolute atomic E-state index is 0.115. The first-order chi connectivity index (χ1) is 14.0. The zero-order valence-electron chi connectivity index (χ0n) is 15.2. The first kappa shape index (κ1) is 19.6. The molecular weight excluding hydrogens is 448 g/mol. The Bertz CT molecular complexity index is 1150. The summed E-state index contributed by atoms with van der Waals surface area (Å²) in [5.74, 6) is -0.670. The summed E-state index contributed by atoms with van der Waals surface area (Å²) in [5, 5.41) is 0. The lowest BCUT2D eigenvalue weighted by molar-refractivity contribution is 0.0946. The van der Waals surface area contributed by atoms with Crippen LogP contribution in [0.3, 0.4) is 0 Å². The molecule has 4 rings (SSSR count). The van der Waals surface area contributed by atoms with Crippen LogP contribution in [0.15, 0.2) is 98.7 Å². The summed E-state index contributed by atoms with van der Waals surface area (Å²) in [6, 6.07) is 23.2. The van der Waals surface area contributed by atoms with E-state index in [-0.39, 0.29) is 29.3 Å². The maximum Gasteiger partial charge on any atom is 0.200 e. The van der Waals surface area contributed by atoms with Crippen LogP contribution >= 0.6 is 27.7 Å². The van der Waals surface area contributed by atoms with E-state index in [1.165, 1.54) is 11.8 Å². The molecule has 0 aromatic heterocycles. The van der Waals surface area contributed by atoms with Crippen molar-refractivity contribution in [2.75, 3.05) is 0 Å². The molecule has 0 heterocycles. The van der Waals surface area contributed by atoms with E-state index in [2.05, 4.69) is 15.9 Å². The minimum atomic E-state index is -0.260. The van der Waals surface area contributed by atoms with E-state index in [0.717, 1.165) is 9.37 Å². The number of halogens is 1. The number of thioether (sulfide) groups is 1. The normalized spacial score (nSPS) is 13.4. The summed E-state index contributed by atoms with van der Waals surface area (Å²) >= 11 is 4.59. The summed E-state index contributed by atoms with van der Waals surface area (Å²) in [4.78, 5) is 40.4. The number of fused-ring (bicyclic) bond motifs is 1. The van der Waals surface area contributed by atoms with E-state index in [1.807, 2.05) is 30.3 Å². The standard InChI is InChI=1S/C24H15BrO3S/c25-16-12-10-15(11-13-16)21(26)14-20-22(27)18-8-4-5-9-19(18)23(28)24(20)29-17-6-2-1-3-7-17/h1-13H,14H2. The fraction of sp³-hybridized carbons (Fsp3) is 0.0417. The predicted molar refractivity (Wildman–Crippen MR) is 118 cm³/mol. The number of carbonyl (C=O) groups is 3. The van der Waals surface area contributed by atoms with Crippen LogP contribution in [-0.2, 0) is 0 Å². The molecule has 0 fully saturated rings. The lowest BCUT2D eigenvalue weighted by Crippen LogP contribution is -2.22. The van der Waals surface area contributed by atoms with E-state index < -0.39 is 0 Å². The van der Waals surface area contributed by atoms with Crippen LogP contribution in [0.25, 0.3) is 0 Å². The van der Waals surface area contributed by atoms with Gasteiger partial charge in [0.1, 0.15) is 0 Å². The fourth-order valence-electron chi connectivity index (χ4n) is 3.18. The maximum atomic E-state index is 13.2. The summed E-state index contributed by atoms with van der Waals surface area (Å²) in [6.07, 6.45) is -0.115. The zero-order chi connectivity index (χ0) is 20.4. The third kappa shape index (κ3) is 4.02. The Labute approximate surface area is 181 Å². The highest BCUT2D eigenvalue weighted by molar-refractivity contribution is 9.10. The number of benzene rings is 3. The number of allylic oxidation sites excluding steroid dienone is 2. The van der Waals surface area contributed by atoms with Crippen LogP contribution in [0.1, 0.15) is 37.5 Å². The Balaban J connectivity index is 1.77. The van der Waals surface area contributed by atoms with Crippen molar-refractivity contribution < 1.29 is 14.4 Å². The van der Waals surface area contributed by atoms with Crippen molar-refractivity contribution >= 4 is 45.0 Å². The van der Waals surface area contributed by atoms with Crippen LogP contribution in [0, 0.1) is 0 Å². The van der Waals surface area contributed by atoms with Gasteiger partial charge in [0.25, 0.3) is 0 Å². The lowest BCUT2D eigenvalue weighted by atomic mass is 9.86. The van der Waals surface area contributed by atoms with Gasteiger partial charge in [-0.2, -0.15) is 0 Å². The van der Waals surface area contributed by atoms with Crippen molar-refractivity contribution in [3.8, 4) is 0 Å². The first-order valence-electron chi connectivity index (χ1n) is 8.98. The SMILES string of the molecule is O=C(CC1=C(Sc2ccccc2)C(=O)c2ccccc2C1=O)c1ccc(Br)cc1. The molecule has 0 radical (unpaired) electrons. The fourth-order valence-corrected chi connectivity index (χ4v) is 4.46. The molecule has 0 atom stereocenters. The third-order valence-corrected chi connectivity index (χ3v) is 6.31. The number of hydrogen-bond donors (Lipinski definition) is 0. The zero-order valence-corrected chi connectivity index (χ0v) is 17.6. The van der Waals surface area contributed by atoms with E-state index >= 15 is 0 Å². The highest BCUT2D eigenvalue weighted by Crippen LogP contribution is 2.38. The van der Waals surface area contributed by atoms with Gasteiger partial charge in [0.05, 0.1) is 4.91 Å². The molecule has 0 aliphatic heterocycles. The number of Topliss-reactive ketones (excluding diaryl/α,β-unsaturated/α-hetero) is 3. The molecule has 0 bridgehead atoms. The van der Waals surface area contributed by atoms with E-state index in [0.29, 0.717) is 21.6 Å². The van der Waals surface area contributed by atoms with Crippen molar-refractivity contribution in [3.05, 3.63) is 111 Å². The summed E-state index contributed by atoms with van der Waals surface area (Å²) in [7, 11) is 0. The second kappa shape index (κ2) is 8.31. The molecule has 0 spiro atoms. The molecule has 0 saturated carbocycles. The van der Waals surface area contributed by atoms with Gasteiger partial charge in [-0.15, -0.1) is 0 Å². The molecule has 29 heavy (non-hydrogen) atoms. The largest absolute Gasteiger partial charge is 0.294 e. The second-order valence-electron chi connectivity index (χ2n) is 6.53. The number of carbonyl (C=O) groups excluding carboxylic acids is 3. The van der Waals surface area contributed by atoms with Crippen molar-refractivity contribution in [1.29, 1.82) is 0 Å². The van der Waals surface area contributed by atoms with Gasteiger partial charge in [0.15, 0.2) is 11.6 Å². The Morgan fingerprint density at radius 1 is 0.759 bits per heavy atom. The quantitative estimate of drug-likeness (QED) is 0.426. The van der Waals surface area contributed by atoms with Crippen molar-refractivity contribution in [2.24, 2.45) is 0 Å². The number of hydrogen-bond acceptors (Lipinski definition) is 4. The molecule has 3 nitrogen and oxygen atoms in total. The molecule has 0 amide bonds. The highest BCUT2D eigenvalue weighted by atomic mass is 79.9. The van der Waals surface area contributed by atoms with Gasteiger partial charge in [-0.05, 0) is 24.3 Å². The Morgan fingerprint density at radius 2 is 1.34 bits per heavy atom. The Hall–Kier alpha value is -2.76. The van der Waals surface area contributed by atoms with Gasteiger partial charge in [0.2, 0.25) is 5.78 Å². The average Bonchev–Trinajstić information content (AvgIpc) is 2.75. The topological polar surface area (TPSA) is 51.2 Å². The van der Waals surface area contributed by atoms with Crippen LogP contribution in [-0.4, -0.2) is 17.3 Å². The van der Waals surface area contributed by atoms with Gasteiger partial charge < -0.3 is 0 Å². The summed E-state index contributed by atoms with van der Waals surface area (Å²) in [6.45, 7) is 0. The number of ketones is 3. The monoisotopic (exact) mass is 462 g/mol. The Morgan fingerprint density at radius 3 is 2.00 bits per heavy atom. The van der Waals surface area contributed by atoms with Gasteiger partial charge in [-0.25, -0.2) is 0 Å². The van der Waals surface area contributed by atoms with E-state index in [9.17, 15) is 14.4 Å². The predicted octanol–water partition coefficient (Wildman–Crippen LogP) is 6.15. The molecular formula is C24H15BrO3S. The molecule has 1 aliphatic rings. The van der Waals surface area contributed by atoms with Crippen LogP contribution < -0.4 is 0 Å². The van der Waals surface area contributed by atoms with Gasteiger partial charge >= 0.3 is 0 Å². The van der Waals surface area contributed by atoms with Crippen LogP contribution in [0.4, 0.5) is 0 Å². The lowest BCUT2D eigenvalue weighted by Gasteiger charge is -2.20. The molecule has 5 heteroatoms. The van der Waals surface area contributed by atoms with Crippen LogP contribution in [0.2, 0.25) is 0 Å². The second-order valence-corrected chi connectivity index (χ2v) is 8.53. The van der Waals surface area contributed by atoms with Crippen molar-refractivity contribution in [1.82, 2.24) is 0 Å². The first-order valence-corrected chi connectivity index (χ1v) is 10.6. The van der Waals surface area contributed by atoms with Crippen molar-refractivity contribution in [3.63, 3.8) is 0 Å². The molecule has 3 aromatic carbocycles. The molecule has 0 N–H and O–H groups in total. The maximum absolute atomic E-state index is 13.2. The van der Waals surface area contributed by atoms with Crippen LogP contribution in [0.5, 0.6) is 0 Å². The van der Waals surface area contributed by atoms with Gasteiger partial charge in [0, 0.05) is 38.1 Å². The highest BCUT2D eigenvalue weighted by Gasteiger charge is 2.33. The average molecular weight is 463 g/mol. The smallest absolute Gasteiger partial charge is 0.200 e. The third-order valence-electron chi connectivity index (χ3n) is 4.64. The molecule has 142 valence electrons. The Kier molecular flexibility index (Phi) is 5.60. The molecule has 3 aromatic rings. The molecule has 0 saturated heterocycles. The minimum Gasteiger partial charge on any atom is -0.294 e. The number of rotatable bonds is 5. The molecule has 1 aliphatic carbocycles. The van der Waals surface area contributed by atoms with Gasteiger partial charge in [-0.3, -0.25) is 14.4 Å².